The van der Waals surface area contributed by atoms with E-state index in [2.05, 4.69) is 29.8 Å². The van der Waals surface area contributed by atoms with Crippen molar-refractivity contribution in [2.75, 3.05) is 52.7 Å². The van der Waals surface area contributed by atoms with E-state index < -0.39 is 23.8 Å². The SMILES string of the molecule is CCCCOCC(CNC(=O)CCC(NC(=O)CCOCCCC(=O)CNC(=O)CN)C(N)=O)OCCCC. The minimum Gasteiger partial charge on any atom is -0.381 e. The van der Waals surface area contributed by atoms with Crippen molar-refractivity contribution >= 4 is 29.4 Å². The number of nitrogens with one attached hydrogen (secondary N) is 3. The highest BCUT2D eigenvalue weighted by Gasteiger charge is 2.20. The molecule has 2 atom stereocenters. The van der Waals surface area contributed by atoms with Crippen LogP contribution in [0.4, 0.5) is 0 Å². The van der Waals surface area contributed by atoms with Crippen LogP contribution in [0.1, 0.15) is 71.6 Å². The number of hydrogen-bond donors (Lipinski definition) is 5. The van der Waals surface area contributed by atoms with Gasteiger partial charge in [-0.15, -0.1) is 0 Å². The van der Waals surface area contributed by atoms with Crippen LogP contribution in [0.15, 0.2) is 0 Å². The van der Waals surface area contributed by atoms with Gasteiger partial charge in [0.15, 0.2) is 5.78 Å². The van der Waals surface area contributed by atoms with Gasteiger partial charge in [0.05, 0.1) is 32.4 Å². The van der Waals surface area contributed by atoms with Gasteiger partial charge < -0.3 is 41.6 Å². The maximum absolute atomic E-state index is 12.3. The van der Waals surface area contributed by atoms with Crippen LogP contribution in [-0.4, -0.2) is 94.2 Å². The molecule has 0 aromatic carbocycles. The second-order valence-electron chi connectivity index (χ2n) is 9.13. The molecule has 0 aromatic heterocycles. The van der Waals surface area contributed by atoms with Gasteiger partial charge in [0.1, 0.15) is 6.04 Å². The predicted molar refractivity (Wildman–Crippen MR) is 145 cm³/mol. The van der Waals surface area contributed by atoms with Crippen molar-refractivity contribution in [1.82, 2.24) is 16.0 Å². The van der Waals surface area contributed by atoms with E-state index in [9.17, 15) is 24.0 Å². The number of ether oxygens (including phenoxy) is 3. The van der Waals surface area contributed by atoms with Crippen molar-refractivity contribution in [3.8, 4) is 0 Å². The average molecular weight is 560 g/mol. The molecule has 0 radical (unpaired) electrons. The first-order valence-electron chi connectivity index (χ1n) is 13.8. The minimum atomic E-state index is -0.987. The number of unbranched alkanes of at least 4 members (excludes halogenated alkanes) is 2. The third-order valence-electron chi connectivity index (χ3n) is 5.55. The van der Waals surface area contributed by atoms with Crippen LogP contribution in [-0.2, 0) is 38.2 Å². The lowest BCUT2D eigenvalue weighted by atomic mass is 10.1. The first kappa shape index (κ1) is 36.4. The fourth-order valence-electron chi connectivity index (χ4n) is 3.16. The molecule has 0 aliphatic carbocycles. The molecular formula is C26H49N5O8. The highest BCUT2D eigenvalue weighted by Crippen LogP contribution is 2.02. The van der Waals surface area contributed by atoms with Crippen molar-refractivity contribution in [2.24, 2.45) is 11.5 Å². The number of Topliss-reactive ketones (excluding diaryl/α,β-unsaturated/α-hetero) is 1. The molecular weight excluding hydrogens is 510 g/mol. The Hall–Kier alpha value is -2.61. The van der Waals surface area contributed by atoms with Gasteiger partial charge in [-0.1, -0.05) is 26.7 Å². The summed E-state index contributed by atoms with van der Waals surface area (Å²) in [6.45, 7) is 6.14. The number of carbonyl (C=O) groups excluding carboxylic acids is 5. The van der Waals surface area contributed by atoms with Gasteiger partial charge in [0.25, 0.3) is 0 Å². The van der Waals surface area contributed by atoms with Gasteiger partial charge in [-0.2, -0.15) is 0 Å². The standard InChI is InChI=1S/C26H49N5O8/c1-3-5-12-38-19-21(39-14-6-4-2)18-30-23(33)10-9-22(26(28)36)31-24(34)11-15-37-13-7-8-20(32)17-29-25(35)16-27/h21-22H,3-19,27H2,1-2H3,(H2,28,36)(H,29,35)(H,30,33)(H,31,34). The molecule has 0 heterocycles. The van der Waals surface area contributed by atoms with Crippen LogP contribution in [0, 0.1) is 0 Å². The highest BCUT2D eigenvalue weighted by molar-refractivity contribution is 5.87. The summed E-state index contributed by atoms with van der Waals surface area (Å²) in [5.41, 5.74) is 10.5. The molecule has 13 heteroatoms. The van der Waals surface area contributed by atoms with Crippen LogP contribution in [0.25, 0.3) is 0 Å². The number of primary amides is 1. The molecule has 7 N–H and O–H groups in total. The van der Waals surface area contributed by atoms with E-state index in [0.717, 1.165) is 25.7 Å². The van der Waals surface area contributed by atoms with Crippen molar-refractivity contribution in [3.05, 3.63) is 0 Å². The first-order valence-corrected chi connectivity index (χ1v) is 13.8. The molecule has 0 saturated carbocycles. The molecule has 4 amide bonds. The molecule has 0 aliphatic heterocycles. The summed E-state index contributed by atoms with van der Waals surface area (Å²) in [7, 11) is 0. The monoisotopic (exact) mass is 559 g/mol. The fourth-order valence-corrected chi connectivity index (χ4v) is 3.16. The van der Waals surface area contributed by atoms with Gasteiger partial charge >= 0.3 is 0 Å². The summed E-state index contributed by atoms with van der Waals surface area (Å²) in [6.07, 6.45) is 4.36. The fraction of sp³-hybridized carbons (Fsp3) is 0.808. The van der Waals surface area contributed by atoms with Gasteiger partial charge in [0, 0.05) is 45.6 Å². The number of ketones is 1. The summed E-state index contributed by atoms with van der Waals surface area (Å²) >= 11 is 0. The van der Waals surface area contributed by atoms with E-state index in [4.69, 9.17) is 25.7 Å². The van der Waals surface area contributed by atoms with Gasteiger partial charge in [-0.3, -0.25) is 24.0 Å². The summed E-state index contributed by atoms with van der Waals surface area (Å²) in [5.74, 6) is -2.00. The summed E-state index contributed by atoms with van der Waals surface area (Å²) in [5, 5.41) is 7.72. The lowest BCUT2D eigenvalue weighted by Gasteiger charge is -2.19. The Morgan fingerprint density at radius 1 is 0.769 bits per heavy atom. The Balaban J connectivity index is 4.24. The number of amides is 4. The second kappa shape index (κ2) is 24.4. The molecule has 0 aromatic rings. The zero-order chi connectivity index (χ0) is 29.3. The topological polar surface area (TPSA) is 201 Å². The van der Waals surface area contributed by atoms with Gasteiger partial charge in [-0.05, 0) is 25.7 Å². The Bertz CT molecular complexity index is 722. The molecule has 0 spiro atoms. The van der Waals surface area contributed by atoms with E-state index in [1.54, 1.807) is 0 Å². The Kier molecular flexibility index (Phi) is 22.8. The number of carbonyl (C=O) groups is 5. The highest BCUT2D eigenvalue weighted by atomic mass is 16.5. The van der Waals surface area contributed by atoms with E-state index in [-0.39, 0.29) is 76.3 Å². The Morgan fingerprint density at radius 3 is 2.13 bits per heavy atom. The summed E-state index contributed by atoms with van der Waals surface area (Å²) in [4.78, 5) is 58.9. The first-order chi connectivity index (χ1) is 18.7. The smallest absolute Gasteiger partial charge is 0.240 e. The molecule has 13 nitrogen and oxygen atoms in total. The lowest BCUT2D eigenvalue weighted by molar-refractivity contribution is -0.129. The third kappa shape index (κ3) is 22.0. The third-order valence-corrected chi connectivity index (χ3v) is 5.55. The molecule has 226 valence electrons. The second-order valence-corrected chi connectivity index (χ2v) is 9.13. The quantitative estimate of drug-likeness (QED) is 0.0881. The van der Waals surface area contributed by atoms with Crippen LogP contribution in [0.2, 0.25) is 0 Å². The van der Waals surface area contributed by atoms with E-state index in [1.807, 2.05) is 0 Å². The molecule has 0 fully saturated rings. The van der Waals surface area contributed by atoms with Crippen LogP contribution in [0.5, 0.6) is 0 Å². The summed E-state index contributed by atoms with van der Waals surface area (Å²) < 4.78 is 16.8. The maximum atomic E-state index is 12.3. The zero-order valence-electron chi connectivity index (χ0n) is 23.6. The number of hydrogen-bond acceptors (Lipinski definition) is 9. The molecule has 2 unspecified atom stereocenters. The van der Waals surface area contributed by atoms with E-state index in [0.29, 0.717) is 26.2 Å². The Labute approximate surface area is 231 Å². The van der Waals surface area contributed by atoms with Crippen molar-refractivity contribution in [2.45, 2.75) is 83.8 Å². The Morgan fingerprint density at radius 2 is 1.46 bits per heavy atom. The average Bonchev–Trinajstić information content (AvgIpc) is 2.91. The minimum absolute atomic E-state index is 0.00250. The normalized spacial score (nSPS) is 12.4. The zero-order valence-corrected chi connectivity index (χ0v) is 23.6. The van der Waals surface area contributed by atoms with Crippen molar-refractivity contribution in [3.63, 3.8) is 0 Å². The van der Waals surface area contributed by atoms with Crippen LogP contribution >= 0.6 is 0 Å². The molecule has 0 bridgehead atoms. The number of nitrogens with two attached hydrogens (primary N) is 2. The largest absolute Gasteiger partial charge is 0.381 e. The van der Waals surface area contributed by atoms with Crippen LogP contribution < -0.4 is 27.4 Å². The molecule has 0 saturated heterocycles. The van der Waals surface area contributed by atoms with E-state index >= 15 is 0 Å². The van der Waals surface area contributed by atoms with Crippen molar-refractivity contribution < 1.29 is 38.2 Å². The maximum Gasteiger partial charge on any atom is 0.240 e. The summed E-state index contributed by atoms with van der Waals surface area (Å²) in [6, 6.07) is -0.987. The van der Waals surface area contributed by atoms with E-state index in [1.165, 1.54) is 0 Å². The molecule has 0 aliphatic rings. The van der Waals surface area contributed by atoms with Crippen LogP contribution in [0.3, 0.4) is 0 Å². The van der Waals surface area contributed by atoms with Gasteiger partial charge in [-0.25, -0.2) is 0 Å². The van der Waals surface area contributed by atoms with Crippen molar-refractivity contribution in [1.29, 1.82) is 0 Å². The molecule has 0 rings (SSSR count). The number of rotatable bonds is 26. The lowest BCUT2D eigenvalue weighted by Crippen LogP contribution is -2.45. The predicted octanol–water partition coefficient (Wildman–Crippen LogP) is -0.314. The molecule has 39 heavy (non-hydrogen) atoms. The van der Waals surface area contributed by atoms with Gasteiger partial charge in [0.2, 0.25) is 23.6 Å².